The maximum atomic E-state index is 12.4. The largest absolute Gasteiger partial charge is 0.495 e. The SMILES string of the molecule is COc1cc(Cl)c(C)cc1NC(=O)CN(CCc1ccccc1)C(C)=O. The van der Waals surface area contributed by atoms with Gasteiger partial charge in [-0.3, -0.25) is 9.59 Å². The van der Waals surface area contributed by atoms with Gasteiger partial charge in [0.15, 0.2) is 0 Å². The van der Waals surface area contributed by atoms with Crippen LogP contribution in [0.25, 0.3) is 0 Å². The normalized spacial score (nSPS) is 10.3. The fraction of sp³-hybridized carbons (Fsp3) is 0.300. The van der Waals surface area contributed by atoms with Crippen molar-refractivity contribution in [3.63, 3.8) is 0 Å². The summed E-state index contributed by atoms with van der Waals surface area (Å²) in [4.78, 5) is 25.8. The van der Waals surface area contributed by atoms with E-state index in [0.717, 1.165) is 11.1 Å². The zero-order chi connectivity index (χ0) is 19.1. The average molecular weight is 375 g/mol. The lowest BCUT2D eigenvalue weighted by atomic mass is 10.1. The maximum Gasteiger partial charge on any atom is 0.244 e. The summed E-state index contributed by atoms with van der Waals surface area (Å²) in [5.41, 5.74) is 2.48. The van der Waals surface area contributed by atoms with E-state index in [1.165, 1.54) is 18.9 Å². The lowest BCUT2D eigenvalue weighted by Gasteiger charge is -2.21. The van der Waals surface area contributed by atoms with E-state index in [-0.39, 0.29) is 18.4 Å². The van der Waals surface area contributed by atoms with Crippen LogP contribution in [-0.4, -0.2) is 36.9 Å². The number of benzene rings is 2. The Bertz CT molecular complexity index is 778. The number of carbonyl (C=O) groups is 2. The van der Waals surface area contributed by atoms with Crippen molar-refractivity contribution < 1.29 is 14.3 Å². The highest BCUT2D eigenvalue weighted by molar-refractivity contribution is 6.31. The number of carbonyl (C=O) groups excluding carboxylic acids is 2. The van der Waals surface area contributed by atoms with Gasteiger partial charge in [0, 0.05) is 24.6 Å². The summed E-state index contributed by atoms with van der Waals surface area (Å²) in [7, 11) is 1.51. The third-order valence-corrected chi connectivity index (χ3v) is 4.46. The van der Waals surface area contributed by atoms with E-state index in [9.17, 15) is 9.59 Å². The standard InChI is InChI=1S/C20H23ClN2O3/c1-14-11-18(19(26-3)12-17(14)21)22-20(25)13-23(15(2)24)10-9-16-7-5-4-6-8-16/h4-8,11-12H,9-10,13H2,1-3H3,(H,22,25). The van der Waals surface area contributed by atoms with E-state index < -0.39 is 0 Å². The van der Waals surface area contributed by atoms with Crippen molar-refractivity contribution in [3.05, 3.63) is 58.6 Å². The Hall–Kier alpha value is -2.53. The van der Waals surface area contributed by atoms with E-state index in [4.69, 9.17) is 16.3 Å². The van der Waals surface area contributed by atoms with E-state index in [0.29, 0.717) is 29.4 Å². The zero-order valence-corrected chi connectivity index (χ0v) is 16.0. The van der Waals surface area contributed by atoms with E-state index in [2.05, 4.69) is 5.32 Å². The number of ether oxygens (including phenoxy) is 1. The van der Waals surface area contributed by atoms with Crippen LogP contribution in [0.1, 0.15) is 18.1 Å². The highest BCUT2D eigenvalue weighted by Crippen LogP contribution is 2.30. The summed E-state index contributed by atoms with van der Waals surface area (Å²) in [6.45, 7) is 3.76. The molecule has 0 aliphatic rings. The molecule has 2 rings (SSSR count). The number of aryl methyl sites for hydroxylation is 1. The van der Waals surface area contributed by atoms with Crippen LogP contribution in [-0.2, 0) is 16.0 Å². The van der Waals surface area contributed by atoms with Crippen LogP contribution < -0.4 is 10.1 Å². The molecule has 1 N–H and O–H groups in total. The van der Waals surface area contributed by atoms with Gasteiger partial charge in [-0.2, -0.15) is 0 Å². The third kappa shape index (κ3) is 5.49. The lowest BCUT2D eigenvalue weighted by molar-refractivity contribution is -0.132. The highest BCUT2D eigenvalue weighted by atomic mass is 35.5. The second kappa shape index (κ2) is 9.25. The molecule has 0 aliphatic heterocycles. The van der Waals surface area contributed by atoms with Crippen LogP contribution in [0.5, 0.6) is 5.75 Å². The van der Waals surface area contributed by atoms with E-state index in [1.54, 1.807) is 12.1 Å². The molecular weight excluding hydrogens is 352 g/mol. The quantitative estimate of drug-likeness (QED) is 0.804. The molecule has 0 saturated carbocycles. The summed E-state index contributed by atoms with van der Waals surface area (Å²) in [5, 5.41) is 3.36. The number of methoxy groups -OCH3 is 1. The highest BCUT2D eigenvalue weighted by Gasteiger charge is 2.16. The second-order valence-corrected chi connectivity index (χ2v) is 6.43. The summed E-state index contributed by atoms with van der Waals surface area (Å²) < 4.78 is 5.26. The van der Waals surface area contributed by atoms with Crippen LogP contribution in [0.4, 0.5) is 5.69 Å². The Morgan fingerprint density at radius 1 is 1.19 bits per heavy atom. The lowest BCUT2D eigenvalue weighted by Crippen LogP contribution is -2.38. The number of halogens is 1. The number of anilines is 1. The first kappa shape index (κ1) is 19.8. The number of hydrogen-bond donors (Lipinski definition) is 1. The Morgan fingerprint density at radius 3 is 2.50 bits per heavy atom. The van der Waals surface area contributed by atoms with Gasteiger partial charge in [-0.15, -0.1) is 0 Å². The summed E-state index contributed by atoms with van der Waals surface area (Å²) in [5.74, 6) is 0.0521. The summed E-state index contributed by atoms with van der Waals surface area (Å²) >= 11 is 6.08. The minimum Gasteiger partial charge on any atom is -0.495 e. The monoisotopic (exact) mass is 374 g/mol. The molecular formula is C20H23ClN2O3. The van der Waals surface area contributed by atoms with Crippen molar-refractivity contribution in [2.75, 3.05) is 25.5 Å². The van der Waals surface area contributed by atoms with E-state index in [1.807, 2.05) is 37.3 Å². The molecule has 0 fully saturated rings. The van der Waals surface area contributed by atoms with Gasteiger partial charge in [-0.25, -0.2) is 0 Å². The van der Waals surface area contributed by atoms with Gasteiger partial charge in [0.2, 0.25) is 11.8 Å². The van der Waals surface area contributed by atoms with Crippen LogP contribution in [0.3, 0.4) is 0 Å². The van der Waals surface area contributed by atoms with E-state index >= 15 is 0 Å². The Morgan fingerprint density at radius 2 is 1.88 bits per heavy atom. The molecule has 138 valence electrons. The van der Waals surface area contributed by atoms with Gasteiger partial charge >= 0.3 is 0 Å². The molecule has 0 spiro atoms. The third-order valence-electron chi connectivity index (χ3n) is 4.05. The summed E-state index contributed by atoms with van der Waals surface area (Å²) in [6, 6.07) is 13.3. The minimum absolute atomic E-state index is 0.0208. The van der Waals surface area contributed by atoms with Crippen molar-refractivity contribution in [1.29, 1.82) is 0 Å². The Labute approximate surface area is 158 Å². The maximum absolute atomic E-state index is 12.4. The van der Waals surface area contributed by atoms with Gasteiger partial charge in [0.25, 0.3) is 0 Å². The van der Waals surface area contributed by atoms with Crippen molar-refractivity contribution in [2.24, 2.45) is 0 Å². The second-order valence-electron chi connectivity index (χ2n) is 6.03. The van der Waals surface area contributed by atoms with Gasteiger partial charge in [-0.1, -0.05) is 41.9 Å². The number of rotatable bonds is 7. The molecule has 0 unspecified atom stereocenters. The molecule has 0 radical (unpaired) electrons. The molecule has 5 nitrogen and oxygen atoms in total. The molecule has 2 amide bonds. The molecule has 0 saturated heterocycles. The smallest absolute Gasteiger partial charge is 0.244 e. The van der Waals surface area contributed by atoms with Gasteiger partial charge in [0.1, 0.15) is 5.75 Å². The van der Waals surface area contributed by atoms with Crippen LogP contribution in [0, 0.1) is 6.92 Å². The predicted molar refractivity (Wildman–Crippen MR) is 104 cm³/mol. The molecule has 0 heterocycles. The topological polar surface area (TPSA) is 58.6 Å². The number of nitrogens with zero attached hydrogens (tertiary/aromatic N) is 1. The van der Waals surface area contributed by atoms with Crippen LogP contribution >= 0.6 is 11.6 Å². The Balaban J connectivity index is 2.01. The molecule has 0 aromatic heterocycles. The molecule has 2 aromatic rings. The van der Waals surface area contributed by atoms with Gasteiger partial charge in [-0.05, 0) is 30.5 Å². The predicted octanol–water partition coefficient (Wildman–Crippen LogP) is 3.69. The average Bonchev–Trinajstić information content (AvgIpc) is 2.62. The van der Waals surface area contributed by atoms with Crippen LogP contribution in [0.15, 0.2) is 42.5 Å². The zero-order valence-electron chi connectivity index (χ0n) is 15.2. The summed E-state index contributed by atoms with van der Waals surface area (Å²) in [6.07, 6.45) is 0.692. The fourth-order valence-corrected chi connectivity index (χ4v) is 2.70. The van der Waals surface area contributed by atoms with Crippen LogP contribution in [0.2, 0.25) is 5.02 Å². The minimum atomic E-state index is -0.284. The molecule has 26 heavy (non-hydrogen) atoms. The molecule has 0 atom stereocenters. The molecule has 0 aliphatic carbocycles. The van der Waals surface area contributed by atoms with Gasteiger partial charge < -0.3 is 15.0 Å². The van der Waals surface area contributed by atoms with Gasteiger partial charge in [0.05, 0.1) is 19.3 Å². The van der Waals surface area contributed by atoms with Crippen molar-refractivity contribution in [1.82, 2.24) is 4.90 Å². The fourth-order valence-electron chi connectivity index (χ4n) is 2.55. The Kier molecular flexibility index (Phi) is 7.04. The first-order valence-electron chi connectivity index (χ1n) is 8.34. The number of amides is 2. The number of nitrogens with one attached hydrogen (secondary N) is 1. The molecule has 0 bridgehead atoms. The first-order chi connectivity index (χ1) is 12.4. The molecule has 2 aromatic carbocycles. The van der Waals surface area contributed by atoms with Crippen molar-refractivity contribution in [3.8, 4) is 5.75 Å². The van der Waals surface area contributed by atoms with Crippen molar-refractivity contribution in [2.45, 2.75) is 20.3 Å². The first-order valence-corrected chi connectivity index (χ1v) is 8.72. The molecule has 6 heteroatoms. The number of hydrogen-bond acceptors (Lipinski definition) is 3. The van der Waals surface area contributed by atoms with Crippen molar-refractivity contribution >= 4 is 29.1 Å².